The molecular formula is C8H3Cl5O2S. The summed E-state index contributed by atoms with van der Waals surface area (Å²) in [4.78, 5) is 10.7. The Bertz CT molecular complexity index is 420. The van der Waals surface area contributed by atoms with Crippen LogP contribution >= 0.6 is 69.8 Å². The van der Waals surface area contributed by atoms with Crippen molar-refractivity contribution in [3.05, 3.63) is 25.1 Å². The zero-order chi connectivity index (χ0) is 12.5. The van der Waals surface area contributed by atoms with Crippen LogP contribution in [-0.2, 0) is 4.79 Å². The summed E-state index contributed by atoms with van der Waals surface area (Å²) in [5.41, 5.74) is 0. The number of aliphatic carboxylic acids is 1. The van der Waals surface area contributed by atoms with Crippen LogP contribution in [-0.4, -0.2) is 16.8 Å². The Morgan fingerprint density at radius 2 is 1.31 bits per heavy atom. The molecule has 1 N–H and O–H groups in total. The van der Waals surface area contributed by atoms with Gasteiger partial charge < -0.3 is 5.11 Å². The van der Waals surface area contributed by atoms with Crippen molar-refractivity contribution >= 4 is 75.7 Å². The lowest BCUT2D eigenvalue weighted by atomic mass is 10.3. The summed E-state index contributed by atoms with van der Waals surface area (Å²) >= 11 is 30.1. The number of rotatable bonds is 3. The van der Waals surface area contributed by atoms with Gasteiger partial charge in [-0.2, -0.15) is 0 Å². The predicted molar refractivity (Wildman–Crippen MR) is 69.9 cm³/mol. The fourth-order valence-corrected chi connectivity index (χ4v) is 3.15. The summed E-state index contributed by atoms with van der Waals surface area (Å²) in [6.45, 7) is 0. The van der Waals surface area contributed by atoms with Gasteiger partial charge >= 0.3 is 5.97 Å². The van der Waals surface area contributed by atoms with E-state index in [-0.39, 0.29) is 30.9 Å². The number of carboxylic acid groups (broad SMARTS) is 1. The molecule has 0 unspecified atom stereocenters. The Morgan fingerprint density at radius 3 is 1.69 bits per heavy atom. The number of hydrogen-bond acceptors (Lipinski definition) is 2. The van der Waals surface area contributed by atoms with Crippen LogP contribution in [0.2, 0.25) is 25.1 Å². The fraction of sp³-hybridized carbons (Fsp3) is 0.125. The Labute approximate surface area is 121 Å². The van der Waals surface area contributed by atoms with E-state index in [1.54, 1.807) is 0 Å². The molecule has 8 heteroatoms. The van der Waals surface area contributed by atoms with Gasteiger partial charge in [-0.25, -0.2) is 0 Å². The number of thioether (sulfide) groups is 1. The Balaban J connectivity index is 3.23. The normalized spacial score (nSPS) is 10.6. The smallest absolute Gasteiger partial charge is 0.313 e. The zero-order valence-corrected chi connectivity index (χ0v) is 12.0. The fourth-order valence-electron chi connectivity index (χ4n) is 0.845. The van der Waals surface area contributed by atoms with Crippen LogP contribution in [0.25, 0.3) is 0 Å². The first-order valence-corrected chi connectivity index (χ1v) is 6.59. The third-order valence-electron chi connectivity index (χ3n) is 1.51. The van der Waals surface area contributed by atoms with Crippen LogP contribution in [0.1, 0.15) is 0 Å². The molecule has 0 bridgehead atoms. The summed E-state index contributed by atoms with van der Waals surface area (Å²) in [5.74, 6) is -1.20. The highest BCUT2D eigenvalue weighted by Crippen LogP contribution is 2.47. The maximum absolute atomic E-state index is 10.4. The summed E-state index contributed by atoms with van der Waals surface area (Å²) in [7, 11) is 0. The standard InChI is InChI=1S/C8H3Cl5O2S/c9-3-4(10)6(12)8(7(13)5(3)11)16-1-2(14)15/h1H2,(H,14,15). The quantitative estimate of drug-likeness (QED) is 0.471. The lowest BCUT2D eigenvalue weighted by Gasteiger charge is -2.10. The first-order valence-electron chi connectivity index (χ1n) is 3.72. The van der Waals surface area contributed by atoms with Crippen molar-refractivity contribution in [1.82, 2.24) is 0 Å². The van der Waals surface area contributed by atoms with E-state index < -0.39 is 5.97 Å². The topological polar surface area (TPSA) is 37.3 Å². The van der Waals surface area contributed by atoms with Crippen molar-refractivity contribution in [2.45, 2.75) is 4.90 Å². The molecule has 0 radical (unpaired) electrons. The second-order valence-corrected chi connectivity index (χ2v) is 5.46. The van der Waals surface area contributed by atoms with E-state index in [1.165, 1.54) is 0 Å². The molecule has 0 heterocycles. The molecule has 0 saturated carbocycles. The Morgan fingerprint density at radius 1 is 0.938 bits per heavy atom. The van der Waals surface area contributed by atoms with Crippen LogP contribution in [0.3, 0.4) is 0 Å². The van der Waals surface area contributed by atoms with Gasteiger partial charge in [0.15, 0.2) is 0 Å². The maximum Gasteiger partial charge on any atom is 0.313 e. The predicted octanol–water partition coefficient (Wildman–Crippen LogP) is 5.13. The zero-order valence-electron chi connectivity index (χ0n) is 7.36. The average molecular weight is 340 g/mol. The molecule has 88 valence electrons. The monoisotopic (exact) mass is 338 g/mol. The largest absolute Gasteiger partial charge is 0.481 e. The van der Waals surface area contributed by atoms with Gasteiger partial charge in [-0.05, 0) is 0 Å². The first kappa shape index (κ1) is 14.6. The highest BCUT2D eigenvalue weighted by Gasteiger charge is 2.20. The van der Waals surface area contributed by atoms with E-state index >= 15 is 0 Å². The Hall–Kier alpha value is 0.490. The summed E-state index contributed by atoms with van der Waals surface area (Å²) in [6.07, 6.45) is 0. The summed E-state index contributed by atoms with van der Waals surface area (Å²) in [6, 6.07) is 0. The molecule has 0 spiro atoms. The number of hydrogen-bond donors (Lipinski definition) is 1. The highest BCUT2D eigenvalue weighted by molar-refractivity contribution is 8.00. The molecule has 0 aliphatic carbocycles. The van der Waals surface area contributed by atoms with Gasteiger partial charge in [-0.1, -0.05) is 58.0 Å². The van der Waals surface area contributed by atoms with Crippen LogP contribution in [0, 0.1) is 0 Å². The van der Waals surface area contributed by atoms with E-state index in [1.807, 2.05) is 0 Å². The van der Waals surface area contributed by atoms with Crippen molar-refractivity contribution in [1.29, 1.82) is 0 Å². The number of halogens is 5. The first-order chi connectivity index (χ1) is 7.36. The second-order valence-electron chi connectivity index (χ2n) is 2.58. The lowest BCUT2D eigenvalue weighted by molar-refractivity contribution is -0.133. The molecule has 0 aliphatic heterocycles. The van der Waals surface area contributed by atoms with Crippen molar-refractivity contribution in [2.24, 2.45) is 0 Å². The van der Waals surface area contributed by atoms with E-state index in [9.17, 15) is 4.79 Å². The Kier molecular flexibility index (Phi) is 5.36. The molecule has 0 aliphatic rings. The van der Waals surface area contributed by atoms with Gasteiger partial charge in [0, 0.05) is 4.90 Å². The molecule has 0 saturated heterocycles. The minimum absolute atomic E-state index is 0.0537. The molecular weight excluding hydrogens is 337 g/mol. The highest BCUT2D eigenvalue weighted by atomic mass is 35.5. The molecule has 0 fully saturated rings. The third-order valence-corrected chi connectivity index (χ3v) is 5.10. The maximum atomic E-state index is 10.4. The minimum atomic E-state index is -1.00. The number of benzene rings is 1. The van der Waals surface area contributed by atoms with Crippen LogP contribution in [0.15, 0.2) is 4.90 Å². The molecule has 2 nitrogen and oxygen atoms in total. The molecule has 1 rings (SSSR count). The van der Waals surface area contributed by atoms with E-state index in [4.69, 9.17) is 63.1 Å². The van der Waals surface area contributed by atoms with Crippen molar-refractivity contribution < 1.29 is 9.90 Å². The molecule has 1 aromatic rings. The van der Waals surface area contributed by atoms with Crippen LogP contribution < -0.4 is 0 Å². The molecule has 16 heavy (non-hydrogen) atoms. The molecule has 0 atom stereocenters. The van der Waals surface area contributed by atoms with Gasteiger partial charge in [0.05, 0.1) is 30.9 Å². The van der Waals surface area contributed by atoms with E-state index in [2.05, 4.69) is 0 Å². The SMILES string of the molecule is O=C(O)CSc1c(Cl)c(Cl)c(Cl)c(Cl)c1Cl. The molecule has 0 amide bonds. The van der Waals surface area contributed by atoms with Gasteiger partial charge in [0.2, 0.25) is 0 Å². The number of carbonyl (C=O) groups is 1. The van der Waals surface area contributed by atoms with Crippen molar-refractivity contribution in [3.63, 3.8) is 0 Å². The molecule has 1 aromatic carbocycles. The summed E-state index contributed by atoms with van der Waals surface area (Å²) in [5, 5.41) is 8.93. The summed E-state index contributed by atoms with van der Waals surface area (Å²) < 4.78 is 0. The van der Waals surface area contributed by atoms with Crippen LogP contribution in [0.4, 0.5) is 0 Å². The van der Waals surface area contributed by atoms with Crippen LogP contribution in [0.5, 0.6) is 0 Å². The third kappa shape index (κ3) is 3.03. The van der Waals surface area contributed by atoms with Gasteiger partial charge in [0.25, 0.3) is 0 Å². The van der Waals surface area contributed by atoms with E-state index in [0.29, 0.717) is 4.90 Å². The minimum Gasteiger partial charge on any atom is -0.481 e. The van der Waals surface area contributed by atoms with Crippen molar-refractivity contribution in [2.75, 3.05) is 5.75 Å². The van der Waals surface area contributed by atoms with Crippen molar-refractivity contribution in [3.8, 4) is 0 Å². The molecule has 0 aromatic heterocycles. The lowest BCUT2D eigenvalue weighted by Crippen LogP contribution is -1.98. The van der Waals surface area contributed by atoms with E-state index in [0.717, 1.165) is 11.8 Å². The van der Waals surface area contributed by atoms with Gasteiger partial charge in [0.1, 0.15) is 0 Å². The second kappa shape index (κ2) is 5.89. The van der Waals surface area contributed by atoms with Gasteiger partial charge in [-0.15, -0.1) is 11.8 Å². The number of carboxylic acids is 1. The average Bonchev–Trinajstić information content (AvgIpc) is 2.23. The van der Waals surface area contributed by atoms with Gasteiger partial charge in [-0.3, -0.25) is 4.79 Å².